The molecule has 92 valence electrons. The van der Waals surface area contributed by atoms with Crippen LogP contribution in [0.2, 0.25) is 0 Å². The van der Waals surface area contributed by atoms with Crippen molar-refractivity contribution in [3.8, 4) is 0 Å². The minimum absolute atomic E-state index is 0.0884. The van der Waals surface area contributed by atoms with Crippen molar-refractivity contribution in [3.05, 3.63) is 0 Å². The van der Waals surface area contributed by atoms with Crippen molar-refractivity contribution in [2.24, 2.45) is 0 Å². The number of rotatable bonds is 2. The van der Waals surface area contributed by atoms with Gasteiger partial charge in [-0.25, -0.2) is 0 Å². The molecule has 0 aromatic rings. The zero-order chi connectivity index (χ0) is 11.4. The van der Waals surface area contributed by atoms with Crippen molar-refractivity contribution in [1.29, 1.82) is 0 Å². The molecule has 0 bridgehead atoms. The molecule has 3 heteroatoms. The molecule has 1 saturated carbocycles. The van der Waals surface area contributed by atoms with E-state index in [1.807, 2.05) is 0 Å². The van der Waals surface area contributed by atoms with Gasteiger partial charge in [0.25, 0.3) is 0 Å². The van der Waals surface area contributed by atoms with Gasteiger partial charge in [-0.1, -0.05) is 39.0 Å². The summed E-state index contributed by atoms with van der Waals surface area (Å²) in [4.78, 5) is 14.2. The second kappa shape index (κ2) is 5.67. The number of carbonyl (C=O) groups excluding carboxylic acids is 1. The molecule has 1 unspecified atom stereocenters. The van der Waals surface area contributed by atoms with Crippen LogP contribution in [0.1, 0.15) is 58.3 Å². The Labute approximate surface area is 98.6 Å². The average Bonchev–Trinajstić information content (AvgIpc) is 2.60. The summed E-state index contributed by atoms with van der Waals surface area (Å²) in [7, 11) is 0. The highest BCUT2D eigenvalue weighted by atomic mass is 16.2. The maximum Gasteiger partial charge on any atom is 0.241 e. The molecule has 1 aliphatic carbocycles. The van der Waals surface area contributed by atoms with Crippen LogP contribution in [-0.2, 0) is 4.79 Å². The van der Waals surface area contributed by atoms with Crippen LogP contribution in [0.5, 0.6) is 0 Å². The molecule has 16 heavy (non-hydrogen) atoms. The van der Waals surface area contributed by atoms with Crippen molar-refractivity contribution < 1.29 is 4.79 Å². The Morgan fingerprint density at radius 3 is 2.38 bits per heavy atom. The first-order valence-electron chi connectivity index (χ1n) is 6.86. The Morgan fingerprint density at radius 2 is 1.81 bits per heavy atom. The molecule has 0 aromatic heterocycles. The molecular formula is C13H24N2O. The SMILES string of the molecule is CCC1NCN(C2CCCCCCC2)C1=O. The molecule has 2 rings (SSSR count). The summed E-state index contributed by atoms with van der Waals surface area (Å²) in [5.41, 5.74) is 0. The number of amides is 1. The lowest BCUT2D eigenvalue weighted by Crippen LogP contribution is -2.38. The fourth-order valence-electron chi connectivity index (χ4n) is 2.95. The van der Waals surface area contributed by atoms with Crippen LogP contribution in [0.3, 0.4) is 0 Å². The van der Waals surface area contributed by atoms with E-state index in [9.17, 15) is 4.79 Å². The molecule has 2 aliphatic rings. The maximum atomic E-state index is 12.1. The molecule has 0 spiro atoms. The fraction of sp³-hybridized carbons (Fsp3) is 0.923. The fourth-order valence-corrected chi connectivity index (χ4v) is 2.95. The summed E-state index contributed by atoms with van der Waals surface area (Å²) in [5, 5.41) is 3.32. The molecule has 1 aliphatic heterocycles. The van der Waals surface area contributed by atoms with E-state index in [1.54, 1.807) is 0 Å². The molecule has 3 nitrogen and oxygen atoms in total. The standard InChI is InChI=1S/C13H24N2O/c1-2-12-13(16)15(10-14-12)11-8-6-4-3-5-7-9-11/h11-12,14H,2-10H2,1H3. The molecule has 0 radical (unpaired) electrons. The van der Waals surface area contributed by atoms with Crippen LogP contribution in [-0.4, -0.2) is 29.6 Å². The molecule has 1 atom stereocenters. The highest BCUT2D eigenvalue weighted by molar-refractivity contribution is 5.83. The highest BCUT2D eigenvalue weighted by Crippen LogP contribution is 2.23. The van der Waals surface area contributed by atoms with Gasteiger partial charge in [0.05, 0.1) is 12.7 Å². The summed E-state index contributed by atoms with van der Waals surface area (Å²) in [5.74, 6) is 0.341. The first kappa shape index (κ1) is 11.9. The van der Waals surface area contributed by atoms with Gasteiger partial charge in [-0.05, 0) is 19.3 Å². The number of hydrogen-bond donors (Lipinski definition) is 1. The van der Waals surface area contributed by atoms with E-state index in [-0.39, 0.29) is 6.04 Å². The second-order valence-electron chi connectivity index (χ2n) is 5.13. The van der Waals surface area contributed by atoms with Gasteiger partial charge in [-0.15, -0.1) is 0 Å². The second-order valence-corrected chi connectivity index (χ2v) is 5.13. The van der Waals surface area contributed by atoms with E-state index in [2.05, 4.69) is 17.1 Å². The summed E-state index contributed by atoms with van der Waals surface area (Å²) < 4.78 is 0. The molecule has 0 aromatic carbocycles. The zero-order valence-electron chi connectivity index (χ0n) is 10.4. The van der Waals surface area contributed by atoms with Crippen molar-refractivity contribution in [1.82, 2.24) is 10.2 Å². The molecular weight excluding hydrogens is 200 g/mol. The van der Waals surface area contributed by atoms with Crippen molar-refractivity contribution in [2.45, 2.75) is 70.4 Å². The van der Waals surface area contributed by atoms with Crippen molar-refractivity contribution in [2.75, 3.05) is 6.67 Å². The van der Waals surface area contributed by atoms with E-state index in [4.69, 9.17) is 0 Å². The van der Waals surface area contributed by atoms with E-state index in [0.29, 0.717) is 11.9 Å². The lowest BCUT2D eigenvalue weighted by atomic mass is 9.95. The van der Waals surface area contributed by atoms with Gasteiger partial charge < -0.3 is 4.90 Å². The predicted octanol–water partition coefficient (Wildman–Crippen LogP) is 2.27. The van der Waals surface area contributed by atoms with Crippen LogP contribution >= 0.6 is 0 Å². The number of nitrogens with zero attached hydrogens (tertiary/aromatic N) is 1. The zero-order valence-corrected chi connectivity index (χ0v) is 10.4. The molecule has 1 heterocycles. The van der Waals surface area contributed by atoms with Gasteiger partial charge >= 0.3 is 0 Å². The van der Waals surface area contributed by atoms with E-state index < -0.39 is 0 Å². The van der Waals surface area contributed by atoms with Crippen LogP contribution in [0.4, 0.5) is 0 Å². The monoisotopic (exact) mass is 224 g/mol. The summed E-state index contributed by atoms with van der Waals surface area (Å²) in [6.45, 7) is 2.86. The van der Waals surface area contributed by atoms with Gasteiger partial charge in [-0.3, -0.25) is 10.1 Å². The minimum atomic E-state index is 0.0884. The molecule has 1 saturated heterocycles. The lowest BCUT2D eigenvalue weighted by Gasteiger charge is -2.29. The lowest BCUT2D eigenvalue weighted by molar-refractivity contribution is -0.131. The highest BCUT2D eigenvalue weighted by Gasteiger charge is 2.33. The Bertz CT molecular complexity index is 234. The van der Waals surface area contributed by atoms with Gasteiger partial charge in [-0.2, -0.15) is 0 Å². The van der Waals surface area contributed by atoms with E-state index in [0.717, 1.165) is 13.1 Å². The normalized spacial score (nSPS) is 29.2. The van der Waals surface area contributed by atoms with Crippen molar-refractivity contribution in [3.63, 3.8) is 0 Å². The first-order chi connectivity index (χ1) is 7.83. The Morgan fingerprint density at radius 1 is 1.19 bits per heavy atom. The Kier molecular flexibility index (Phi) is 4.22. The van der Waals surface area contributed by atoms with E-state index in [1.165, 1.54) is 44.9 Å². The third kappa shape index (κ3) is 2.57. The third-order valence-corrected chi connectivity index (χ3v) is 4.01. The Hall–Kier alpha value is -0.570. The van der Waals surface area contributed by atoms with Gasteiger partial charge in [0.2, 0.25) is 5.91 Å². The van der Waals surface area contributed by atoms with Crippen LogP contribution in [0.25, 0.3) is 0 Å². The van der Waals surface area contributed by atoms with Gasteiger partial charge in [0, 0.05) is 6.04 Å². The molecule has 2 fully saturated rings. The summed E-state index contributed by atoms with van der Waals surface area (Å²) in [6, 6.07) is 0.599. The topological polar surface area (TPSA) is 32.3 Å². The minimum Gasteiger partial charge on any atom is -0.326 e. The summed E-state index contributed by atoms with van der Waals surface area (Å²) in [6.07, 6.45) is 10.0. The maximum absolute atomic E-state index is 12.1. The van der Waals surface area contributed by atoms with Crippen molar-refractivity contribution >= 4 is 5.91 Å². The number of nitrogens with one attached hydrogen (secondary N) is 1. The van der Waals surface area contributed by atoms with Crippen LogP contribution < -0.4 is 5.32 Å². The van der Waals surface area contributed by atoms with Gasteiger partial charge in [0.15, 0.2) is 0 Å². The first-order valence-corrected chi connectivity index (χ1v) is 6.86. The van der Waals surface area contributed by atoms with Gasteiger partial charge in [0.1, 0.15) is 0 Å². The predicted molar refractivity (Wildman–Crippen MR) is 65.0 cm³/mol. The largest absolute Gasteiger partial charge is 0.326 e. The number of carbonyl (C=O) groups is 1. The molecule has 1 amide bonds. The van der Waals surface area contributed by atoms with E-state index >= 15 is 0 Å². The summed E-state index contributed by atoms with van der Waals surface area (Å²) >= 11 is 0. The average molecular weight is 224 g/mol. The van der Waals surface area contributed by atoms with Crippen LogP contribution in [0.15, 0.2) is 0 Å². The smallest absolute Gasteiger partial charge is 0.241 e. The molecule has 1 N–H and O–H groups in total. The van der Waals surface area contributed by atoms with Crippen LogP contribution in [0, 0.1) is 0 Å². The Balaban J connectivity index is 1.92. The number of hydrogen-bond acceptors (Lipinski definition) is 2. The third-order valence-electron chi connectivity index (χ3n) is 4.01. The quantitative estimate of drug-likeness (QED) is 0.780.